The summed E-state index contributed by atoms with van der Waals surface area (Å²) in [7, 11) is -3.72. The van der Waals surface area contributed by atoms with E-state index in [9.17, 15) is 13.2 Å². The van der Waals surface area contributed by atoms with Gasteiger partial charge in [-0.1, -0.05) is 67.5 Å². The maximum absolute atomic E-state index is 12.5. The van der Waals surface area contributed by atoms with Crippen molar-refractivity contribution >= 4 is 27.3 Å². The van der Waals surface area contributed by atoms with Crippen molar-refractivity contribution in [1.29, 1.82) is 0 Å². The summed E-state index contributed by atoms with van der Waals surface area (Å²) in [6, 6.07) is 22.6. The van der Waals surface area contributed by atoms with E-state index in [4.69, 9.17) is 4.52 Å². The molecule has 3 aromatic carbocycles. The maximum Gasteiger partial charge on any atom is 0.261 e. The zero-order valence-electron chi connectivity index (χ0n) is 19.4. The molecule has 0 fully saturated rings. The second-order valence-corrected chi connectivity index (χ2v) is 10.0. The second kappa shape index (κ2) is 10.5. The molecule has 9 heteroatoms. The molecule has 0 saturated heterocycles. The predicted molar refractivity (Wildman–Crippen MR) is 134 cm³/mol. The lowest BCUT2D eigenvalue weighted by molar-refractivity contribution is -0.116. The number of carbonyl (C=O) groups is 1. The lowest BCUT2D eigenvalue weighted by Crippen LogP contribution is -2.14. The molecular weight excluding hydrogens is 464 g/mol. The minimum Gasteiger partial charge on any atom is -0.339 e. The van der Waals surface area contributed by atoms with Crippen molar-refractivity contribution in [3.05, 3.63) is 90.3 Å². The van der Waals surface area contributed by atoms with Crippen LogP contribution in [0.5, 0.6) is 0 Å². The lowest BCUT2D eigenvalue weighted by Gasteiger charge is -2.10. The molecule has 0 unspecified atom stereocenters. The zero-order valence-corrected chi connectivity index (χ0v) is 20.2. The van der Waals surface area contributed by atoms with Gasteiger partial charge in [-0.05, 0) is 41.8 Å². The molecule has 1 amide bonds. The molecule has 180 valence electrons. The molecule has 4 rings (SSSR count). The highest BCUT2D eigenvalue weighted by Gasteiger charge is 2.15. The van der Waals surface area contributed by atoms with Crippen LogP contribution >= 0.6 is 0 Å². The Morgan fingerprint density at radius 1 is 0.943 bits per heavy atom. The summed E-state index contributed by atoms with van der Waals surface area (Å²) in [6.07, 6.45) is 0.414. The number of anilines is 2. The largest absolute Gasteiger partial charge is 0.339 e. The van der Waals surface area contributed by atoms with Gasteiger partial charge in [0.05, 0.1) is 10.6 Å². The van der Waals surface area contributed by atoms with Crippen LogP contribution in [0.3, 0.4) is 0 Å². The summed E-state index contributed by atoms with van der Waals surface area (Å²) in [6.45, 7) is 4.26. The monoisotopic (exact) mass is 490 g/mol. The Morgan fingerprint density at radius 3 is 2.37 bits per heavy atom. The van der Waals surface area contributed by atoms with Gasteiger partial charge in [0, 0.05) is 24.1 Å². The summed E-state index contributed by atoms with van der Waals surface area (Å²) in [4.78, 5) is 17.0. The quantitative estimate of drug-likeness (QED) is 0.332. The third kappa shape index (κ3) is 6.33. The number of hydrogen-bond acceptors (Lipinski definition) is 6. The summed E-state index contributed by atoms with van der Waals surface area (Å²) in [5.74, 6) is 1.03. The number of nitrogens with zero attached hydrogens (tertiary/aromatic N) is 2. The highest BCUT2D eigenvalue weighted by Crippen LogP contribution is 2.22. The molecular formula is C26H26N4O4S. The van der Waals surface area contributed by atoms with Crippen LogP contribution in [0.15, 0.2) is 88.3 Å². The van der Waals surface area contributed by atoms with Gasteiger partial charge in [-0.2, -0.15) is 4.98 Å². The smallest absolute Gasteiger partial charge is 0.261 e. The van der Waals surface area contributed by atoms with E-state index in [0.29, 0.717) is 29.0 Å². The van der Waals surface area contributed by atoms with Crippen LogP contribution in [0.25, 0.3) is 11.4 Å². The van der Waals surface area contributed by atoms with Crippen molar-refractivity contribution in [1.82, 2.24) is 10.1 Å². The highest BCUT2D eigenvalue weighted by atomic mass is 32.2. The number of nitrogens with one attached hydrogen (secondary N) is 2. The van der Waals surface area contributed by atoms with Gasteiger partial charge in [0.25, 0.3) is 10.0 Å². The SMILES string of the molecule is CC(C)c1ccc(-c2noc(CCC(=O)Nc3cccc(NS(=O)(=O)c4ccccc4)c3)n2)cc1. The molecule has 0 radical (unpaired) electrons. The molecule has 0 atom stereocenters. The van der Waals surface area contributed by atoms with Gasteiger partial charge in [-0.25, -0.2) is 8.42 Å². The Labute approximate surface area is 204 Å². The molecule has 35 heavy (non-hydrogen) atoms. The van der Waals surface area contributed by atoms with E-state index in [2.05, 4.69) is 34.0 Å². The fourth-order valence-electron chi connectivity index (χ4n) is 3.41. The first-order valence-electron chi connectivity index (χ1n) is 11.2. The minimum atomic E-state index is -3.72. The van der Waals surface area contributed by atoms with Gasteiger partial charge in [-0.15, -0.1) is 0 Å². The Balaban J connectivity index is 1.33. The third-order valence-corrected chi connectivity index (χ3v) is 6.72. The van der Waals surface area contributed by atoms with E-state index in [-0.39, 0.29) is 23.6 Å². The van der Waals surface area contributed by atoms with Crippen molar-refractivity contribution in [2.45, 2.75) is 37.5 Å². The Bertz CT molecular complexity index is 1400. The zero-order chi connectivity index (χ0) is 24.8. The highest BCUT2D eigenvalue weighted by molar-refractivity contribution is 7.92. The number of benzene rings is 3. The summed E-state index contributed by atoms with van der Waals surface area (Å²) >= 11 is 0. The number of aromatic nitrogens is 2. The molecule has 2 N–H and O–H groups in total. The van der Waals surface area contributed by atoms with Crippen LogP contribution in [-0.4, -0.2) is 24.5 Å². The van der Waals surface area contributed by atoms with Crippen LogP contribution in [0.2, 0.25) is 0 Å². The van der Waals surface area contributed by atoms with E-state index < -0.39 is 10.0 Å². The van der Waals surface area contributed by atoms with Crippen molar-refractivity contribution in [2.75, 3.05) is 10.0 Å². The van der Waals surface area contributed by atoms with Gasteiger partial charge >= 0.3 is 0 Å². The number of sulfonamides is 1. The molecule has 4 aromatic rings. The Hall–Kier alpha value is -3.98. The molecule has 0 aliphatic heterocycles. The van der Waals surface area contributed by atoms with Gasteiger partial charge in [-0.3, -0.25) is 9.52 Å². The maximum atomic E-state index is 12.5. The first-order chi connectivity index (χ1) is 16.8. The van der Waals surface area contributed by atoms with E-state index >= 15 is 0 Å². The van der Waals surface area contributed by atoms with E-state index in [1.54, 1.807) is 42.5 Å². The summed E-state index contributed by atoms with van der Waals surface area (Å²) in [5.41, 5.74) is 2.89. The Morgan fingerprint density at radius 2 is 1.66 bits per heavy atom. The number of hydrogen-bond donors (Lipinski definition) is 2. The van der Waals surface area contributed by atoms with Crippen LogP contribution < -0.4 is 10.0 Å². The first kappa shape index (κ1) is 24.2. The number of amides is 1. The molecule has 1 heterocycles. The van der Waals surface area contributed by atoms with Crippen molar-refractivity contribution in [3.8, 4) is 11.4 Å². The van der Waals surface area contributed by atoms with E-state index in [0.717, 1.165) is 5.56 Å². The van der Waals surface area contributed by atoms with E-state index in [1.165, 1.54) is 17.7 Å². The topological polar surface area (TPSA) is 114 Å². The average Bonchev–Trinajstić information content (AvgIpc) is 3.32. The predicted octanol–water partition coefficient (Wildman–Crippen LogP) is 5.23. The molecule has 0 saturated carbocycles. The van der Waals surface area contributed by atoms with Crippen LogP contribution in [0.4, 0.5) is 11.4 Å². The first-order valence-corrected chi connectivity index (χ1v) is 12.7. The Kier molecular flexibility index (Phi) is 7.26. The molecule has 8 nitrogen and oxygen atoms in total. The van der Waals surface area contributed by atoms with Gasteiger partial charge in [0.1, 0.15) is 0 Å². The molecule has 1 aromatic heterocycles. The number of aryl methyl sites for hydroxylation is 1. The van der Waals surface area contributed by atoms with Gasteiger partial charge in [0.15, 0.2) is 0 Å². The third-order valence-electron chi connectivity index (χ3n) is 5.32. The van der Waals surface area contributed by atoms with Crippen LogP contribution in [0.1, 0.15) is 37.6 Å². The fraction of sp³-hybridized carbons (Fsp3) is 0.192. The standard InChI is InChI=1S/C26H26N4O4S/c1-18(2)19-11-13-20(14-12-19)26-28-25(34-29-26)16-15-24(31)27-21-7-6-8-22(17-21)30-35(32,33)23-9-4-3-5-10-23/h3-14,17-18,30H,15-16H2,1-2H3,(H,27,31). The molecule has 0 bridgehead atoms. The minimum absolute atomic E-state index is 0.133. The number of carbonyl (C=O) groups excluding carboxylic acids is 1. The lowest BCUT2D eigenvalue weighted by atomic mass is 10.0. The second-order valence-electron chi connectivity index (χ2n) is 8.34. The fourth-order valence-corrected chi connectivity index (χ4v) is 4.48. The summed E-state index contributed by atoms with van der Waals surface area (Å²) < 4.78 is 32.9. The molecule has 0 aliphatic carbocycles. The van der Waals surface area contributed by atoms with Gasteiger partial charge in [0.2, 0.25) is 17.6 Å². The van der Waals surface area contributed by atoms with Crippen LogP contribution in [0, 0.1) is 0 Å². The summed E-state index contributed by atoms with van der Waals surface area (Å²) in [5, 5.41) is 6.78. The molecule has 0 aliphatic rings. The van der Waals surface area contributed by atoms with Crippen molar-refractivity contribution in [2.24, 2.45) is 0 Å². The normalized spacial score (nSPS) is 11.4. The van der Waals surface area contributed by atoms with Crippen molar-refractivity contribution < 1.29 is 17.7 Å². The van der Waals surface area contributed by atoms with Gasteiger partial charge < -0.3 is 9.84 Å². The van der Waals surface area contributed by atoms with E-state index in [1.807, 2.05) is 24.3 Å². The molecule has 0 spiro atoms. The van der Waals surface area contributed by atoms with Crippen molar-refractivity contribution in [3.63, 3.8) is 0 Å². The van der Waals surface area contributed by atoms with Crippen LogP contribution in [-0.2, 0) is 21.2 Å². The number of rotatable bonds is 9. The average molecular weight is 491 g/mol.